The smallest absolute Gasteiger partial charge is 0.243 e. The van der Waals surface area contributed by atoms with Gasteiger partial charge in [-0.05, 0) is 73.2 Å². The summed E-state index contributed by atoms with van der Waals surface area (Å²) in [6, 6.07) is 34.3. The molecule has 1 amide bonds. The average molecular weight is 698 g/mol. The Kier molecular flexibility index (Phi) is 13.2. The Hall–Kier alpha value is -4.06. The van der Waals surface area contributed by atoms with Crippen molar-refractivity contribution in [1.29, 1.82) is 0 Å². The maximum atomic E-state index is 14.4. The topological polar surface area (TPSA) is 119 Å². The van der Waals surface area contributed by atoms with Gasteiger partial charge in [-0.15, -0.1) is 0 Å². The first-order valence-electron chi connectivity index (χ1n) is 17.5. The number of hydrogen-bond donors (Lipinski definition) is 3. The van der Waals surface area contributed by atoms with Crippen LogP contribution in [-0.2, 0) is 34.3 Å². The van der Waals surface area contributed by atoms with Crippen LogP contribution in [0.3, 0.4) is 0 Å². The normalized spacial score (nSPS) is 15.1. The number of benzene rings is 4. The molecular formula is C40H51N5O4S. The average Bonchev–Trinajstić information content (AvgIpc) is 3.61. The molecule has 9 nitrogen and oxygen atoms in total. The molecule has 1 aliphatic rings. The molecule has 2 atom stereocenters. The molecule has 1 aliphatic heterocycles. The maximum Gasteiger partial charge on any atom is 0.243 e. The summed E-state index contributed by atoms with van der Waals surface area (Å²) < 4.78 is 30.2. The van der Waals surface area contributed by atoms with Crippen molar-refractivity contribution in [2.45, 2.75) is 63.2 Å². The molecule has 4 N–H and O–H groups in total. The minimum atomic E-state index is -4.10. The first-order valence-corrected chi connectivity index (χ1v) is 19.0. The minimum Gasteiger partial charge on any atom is -0.397 e. The van der Waals surface area contributed by atoms with E-state index in [4.69, 9.17) is 5.73 Å². The molecule has 4 aromatic rings. The van der Waals surface area contributed by atoms with E-state index < -0.39 is 22.2 Å². The highest BCUT2D eigenvalue weighted by Gasteiger charge is 2.34. The Balaban J connectivity index is 1.45. The lowest BCUT2D eigenvalue weighted by Crippen LogP contribution is -2.50. The van der Waals surface area contributed by atoms with Crippen LogP contribution in [-0.4, -0.2) is 78.4 Å². The molecule has 0 bridgehead atoms. The molecule has 0 radical (unpaired) electrons. The van der Waals surface area contributed by atoms with Crippen LogP contribution >= 0.6 is 0 Å². The van der Waals surface area contributed by atoms with Gasteiger partial charge in [-0.25, -0.2) is 8.42 Å². The van der Waals surface area contributed by atoms with Gasteiger partial charge >= 0.3 is 0 Å². The highest BCUT2D eigenvalue weighted by Crippen LogP contribution is 2.28. The highest BCUT2D eigenvalue weighted by atomic mass is 32.2. The van der Waals surface area contributed by atoms with Gasteiger partial charge in [0.1, 0.15) is 0 Å². The number of sulfonamides is 1. The molecule has 4 aromatic carbocycles. The second kappa shape index (κ2) is 17.7. The molecule has 0 aliphatic carbocycles. The lowest BCUT2D eigenvalue weighted by molar-refractivity contribution is -0.117. The van der Waals surface area contributed by atoms with Crippen molar-refractivity contribution in [2.24, 2.45) is 5.92 Å². The van der Waals surface area contributed by atoms with Gasteiger partial charge in [0.05, 0.1) is 28.9 Å². The summed E-state index contributed by atoms with van der Waals surface area (Å²) in [5, 5.41) is 15.0. The predicted molar refractivity (Wildman–Crippen MR) is 201 cm³/mol. The van der Waals surface area contributed by atoms with Crippen molar-refractivity contribution >= 4 is 27.3 Å². The molecule has 5 rings (SSSR count). The number of hydrogen-bond acceptors (Lipinski definition) is 7. The van der Waals surface area contributed by atoms with Gasteiger partial charge in [-0.3, -0.25) is 14.6 Å². The fraction of sp³-hybridized carbons (Fsp3) is 0.375. The van der Waals surface area contributed by atoms with Crippen molar-refractivity contribution in [1.82, 2.24) is 14.1 Å². The van der Waals surface area contributed by atoms with Crippen molar-refractivity contribution in [3.63, 3.8) is 0 Å². The van der Waals surface area contributed by atoms with Gasteiger partial charge in [0.25, 0.3) is 0 Å². The van der Waals surface area contributed by atoms with Crippen LogP contribution in [0.5, 0.6) is 0 Å². The Bertz CT molecular complexity index is 1710. The Morgan fingerprint density at radius 2 is 1.36 bits per heavy atom. The van der Waals surface area contributed by atoms with Crippen molar-refractivity contribution in [3.05, 3.63) is 126 Å². The van der Waals surface area contributed by atoms with Crippen molar-refractivity contribution in [2.75, 3.05) is 43.8 Å². The third-order valence-corrected chi connectivity index (χ3v) is 10.9. The Morgan fingerprint density at radius 3 is 1.90 bits per heavy atom. The fourth-order valence-corrected chi connectivity index (χ4v) is 8.23. The summed E-state index contributed by atoms with van der Waals surface area (Å²) in [6.45, 7) is 7.11. The molecule has 1 fully saturated rings. The van der Waals surface area contributed by atoms with Crippen LogP contribution < -0.4 is 11.1 Å². The molecule has 50 heavy (non-hydrogen) atoms. The number of nitrogens with one attached hydrogen (secondary N) is 1. The first kappa shape index (κ1) is 37.2. The zero-order valence-electron chi connectivity index (χ0n) is 29.2. The van der Waals surface area contributed by atoms with E-state index in [0.717, 1.165) is 42.6 Å². The number of nitrogens with zero attached hydrogens (tertiary/aromatic N) is 3. The zero-order valence-corrected chi connectivity index (χ0v) is 30.0. The first-order chi connectivity index (χ1) is 24.1. The van der Waals surface area contributed by atoms with Gasteiger partial charge in [-0.1, -0.05) is 105 Å². The number of amides is 1. The number of aliphatic hydroxyl groups is 1. The number of anilines is 2. The lowest BCUT2D eigenvalue weighted by Gasteiger charge is -2.37. The van der Waals surface area contributed by atoms with Crippen molar-refractivity contribution < 1.29 is 18.3 Å². The maximum absolute atomic E-state index is 14.4. The van der Waals surface area contributed by atoms with E-state index >= 15 is 0 Å². The summed E-state index contributed by atoms with van der Waals surface area (Å²) in [7, 11) is -4.10. The third kappa shape index (κ3) is 10.5. The quantitative estimate of drug-likeness (QED) is 0.123. The minimum absolute atomic E-state index is 0.0114. The number of aliphatic hydroxyl groups excluding tert-OH is 1. The van der Waals surface area contributed by atoms with Crippen LogP contribution in [0.25, 0.3) is 0 Å². The number of likely N-dealkylation sites (tertiary alicyclic amines) is 1. The molecule has 0 spiro atoms. The number of nitrogen functional groups attached to an aromatic ring is 1. The Morgan fingerprint density at radius 1 is 0.820 bits per heavy atom. The van der Waals surface area contributed by atoms with Crippen LogP contribution in [0, 0.1) is 5.92 Å². The van der Waals surface area contributed by atoms with Crippen LogP contribution in [0.1, 0.15) is 43.4 Å². The SMILES string of the molecule is CC(C)CN(C[C@@H](O)[C@H](Cc1ccccc1)N(Cc1ccccc1)Cc1ccccc1)S(=O)(=O)c1ccc(N)c(NC(=O)CN2CCCC2)c1. The Labute approximate surface area is 297 Å². The summed E-state index contributed by atoms with van der Waals surface area (Å²) in [4.78, 5) is 17.2. The van der Waals surface area contributed by atoms with Gasteiger partial charge < -0.3 is 16.2 Å². The summed E-state index contributed by atoms with van der Waals surface area (Å²) >= 11 is 0. The van der Waals surface area contributed by atoms with Gasteiger partial charge in [0.15, 0.2) is 0 Å². The van der Waals surface area contributed by atoms with Crippen LogP contribution in [0.4, 0.5) is 11.4 Å². The van der Waals surface area contributed by atoms with E-state index in [1.54, 1.807) is 0 Å². The molecule has 1 heterocycles. The third-order valence-electron chi connectivity index (χ3n) is 9.12. The second-order valence-corrected chi connectivity index (χ2v) is 15.6. The molecule has 266 valence electrons. The number of carbonyl (C=O) groups excluding carboxylic acids is 1. The molecule has 0 aromatic heterocycles. The van der Waals surface area contributed by atoms with E-state index in [1.807, 2.05) is 80.6 Å². The van der Waals surface area contributed by atoms with E-state index in [2.05, 4.69) is 39.4 Å². The van der Waals surface area contributed by atoms with Crippen LogP contribution in [0.2, 0.25) is 0 Å². The fourth-order valence-electron chi connectivity index (χ4n) is 6.59. The highest BCUT2D eigenvalue weighted by molar-refractivity contribution is 7.89. The van der Waals surface area contributed by atoms with Gasteiger partial charge in [0.2, 0.25) is 15.9 Å². The molecule has 10 heteroatoms. The molecule has 0 saturated carbocycles. The lowest BCUT2D eigenvalue weighted by atomic mass is 9.97. The van der Waals surface area contributed by atoms with E-state index in [9.17, 15) is 18.3 Å². The molecule has 1 saturated heterocycles. The second-order valence-electron chi connectivity index (χ2n) is 13.7. The zero-order chi connectivity index (χ0) is 35.5. The van der Waals surface area contributed by atoms with E-state index in [0.29, 0.717) is 19.5 Å². The van der Waals surface area contributed by atoms with E-state index in [1.165, 1.54) is 22.5 Å². The molecular weight excluding hydrogens is 647 g/mol. The standard InChI is InChI=1S/C40H51N5O4S/c1-31(2)26-45(50(48,49)35-20-21-36(41)37(25-35)42-40(47)30-43-22-12-13-23-43)29-39(46)38(24-32-14-6-3-7-15-32)44(27-33-16-8-4-9-17-33)28-34-18-10-5-11-19-34/h3-11,14-21,25,31,38-39,46H,12-13,22-24,26-30,41H2,1-2H3,(H,42,47)/t38-,39+/m0/s1. The predicted octanol–water partition coefficient (Wildman–Crippen LogP) is 5.62. The monoisotopic (exact) mass is 697 g/mol. The number of carbonyl (C=O) groups is 1. The van der Waals surface area contributed by atoms with Crippen LogP contribution in [0.15, 0.2) is 114 Å². The van der Waals surface area contributed by atoms with Gasteiger partial charge in [0, 0.05) is 32.2 Å². The number of nitrogens with two attached hydrogens (primary N) is 1. The summed E-state index contributed by atoms with van der Waals surface area (Å²) in [5.74, 6) is -0.244. The number of rotatable bonds is 17. The summed E-state index contributed by atoms with van der Waals surface area (Å²) in [6.07, 6.45) is 1.60. The molecule has 0 unspecified atom stereocenters. The van der Waals surface area contributed by atoms with Crippen molar-refractivity contribution in [3.8, 4) is 0 Å². The summed E-state index contributed by atoms with van der Waals surface area (Å²) in [5.41, 5.74) is 10.0. The van der Waals surface area contributed by atoms with Gasteiger partial charge in [-0.2, -0.15) is 4.31 Å². The largest absolute Gasteiger partial charge is 0.397 e. The van der Waals surface area contributed by atoms with E-state index in [-0.39, 0.29) is 47.7 Å².